The second-order valence-electron chi connectivity index (χ2n) is 11.1. The normalized spacial score (nSPS) is 12.2. The molecule has 1 unspecified atom stereocenters. The largest absolute Gasteiger partial charge is 0.468 e. The van der Waals surface area contributed by atoms with Gasteiger partial charge in [0.05, 0.1) is 12.0 Å². The van der Waals surface area contributed by atoms with E-state index in [2.05, 4.69) is 43.3 Å². The molecule has 0 saturated heterocycles. The van der Waals surface area contributed by atoms with Gasteiger partial charge in [-0.25, -0.2) is 0 Å². The average molecular weight is 601 g/mol. The first kappa shape index (κ1) is 31.6. The minimum Gasteiger partial charge on any atom is -0.468 e. The maximum Gasteiger partial charge on any atom is 0.311 e. The molecule has 0 N–H and O–H groups in total. The third-order valence-corrected chi connectivity index (χ3v) is 7.84. The molecule has 230 valence electrons. The fourth-order valence-corrected chi connectivity index (χ4v) is 5.42. The van der Waals surface area contributed by atoms with Crippen LogP contribution < -0.4 is 9.47 Å². The highest BCUT2D eigenvalue weighted by Gasteiger charge is 2.34. The lowest BCUT2D eigenvalue weighted by Crippen LogP contribution is -2.38. The molecule has 0 aliphatic carbocycles. The maximum atomic E-state index is 13.2. The molecule has 5 heteroatoms. The van der Waals surface area contributed by atoms with Crippen molar-refractivity contribution in [2.24, 2.45) is 0 Å². The van der Waals surface area contributed by atoms with E-state index in [1.165, 1.54) is 5.56 Å². The Morgan fingerprint density at radius 2 is 1.02 bits per heavy atom. The number of hydrogen-bond donors (Lipinski definition) is 0. The van der Waals surface area contributed by atoms with Crippen LogP contribution in [0.3, 0.4) is 0 Å². The summed E-state index contributed by atoms with van der Waals surface area (Å²) in [5.74, 6) is 0.969. The number of hydrogen-bond acceptors (Lipinski definition) is 5. The number of esters is 1. The van der Waals surface area contributed by atoms with Crippen LogP contribution in [0.4, 0.5) is 0 Å². The zero-order valence-corrected chi connectivity index (χ0v) is 25.8. The van der Waals surface area contributed by atoms with Crippen molar-refractivity contribution in [3.63, 3.8) is 0 Å². The van der Waals surface area contributed by atoms with Gasteiger partial charge < -0.3 is 18.9 Å². The molecule has 5 aromatic carbocycles. The Balaban J connectivity index is 1.18. The van der Waals surface area contributed by atoms with E-state index in [0.717, 1.165) is 35.1 Å². The predicted molar refractivity (Wildman–Crippen MR) is 179 cm³/mol. The van der Waals surface area contributed by atoms with Crippen molar-refractivity contribution in [2.75, 3.05) is 13.6 Å². The van der Waals surface area contributed by atoms with Crippen molar-refractivity contribution in [3.05, 3.63) is 145 Å². The van der Waals surface area contributed by atoms with Crippen molar-refractivity contribution in [1.82, 2.24) is 0 Å². The molecule has 0 radical (unpaired) electrons. The molecular weight excluding hydrogens is 560 g/mol. The van der Waals surface area contributed by atoms with Crippen molar-refractivity contribution >= 4 is 5.97 Å². The van der Waals surface area contributed by atoms with E-state index in [1.807, 2.05) is 103 Å². The predicted octanol–water partition coefficient (Wildman–Crippen LogP) is 9.51. The van der Waals surface area contributed by atoms with E-state index < -0.39 is 5.60 Å². The molecule has 0 aliphatic heterocycles. The Bertz CT molecular complexity index is 1570. The van der Waals surface area contributed by atoms with Gasteiger partial charge in [-0.1, -0.05) is 129 Å². The Morgan fingerprint density at radius 1 is 0.556 bits per heavy atom. The Kier molecular flexibility index (Phi) is 11.4. The van der Waals surface area contributed by atoms with E-state index in [9.17, 15) is 4.79 Å². The third-order valence-electron chi connectivity index (χ3n) is 7.84. The summed E-state index contributed by atoms with van der Waals surface area (Å²) in [5.41, 5.74) is 4.93. The first-order valence-electron chi connectivity index (χ1n) is 15.5. The summed E-state index contributed by atoms with van der Waals surface area (Å²) < 4.78 is 23.7. The monoisotopic (exact) mass is 600 g/mol. The van der Waals surface area contributed by atoms with E-state index in [0.29, 0.717) is 24.3 Å². The Labute approximate surface area is 266 Å². The minimum atomic E-state index is -0.747. The van der Waals surface area contributed by atoms with Crippen LogP contribution in [0.25, 0.3) is 22.3 Å². The lowest BCUT2D eigenvalue weighted by molar-refractivity contribution is -0.166. The summed E-state index contributed by atoms with van der Waals surface area (Å²) in [4.78, 5) is 13.2. The molecular formula is C40H40O5. The molecule has 0 amide bonds. The fourth-order valence-electron chi connectivity index (χ4n) is 5.42. The third kappa shape index (κ3) is 9.56. The molecule has 0 spiro atoms. The van der Waals surface area contributed by atoms with Gasteiger partial charge in [0.2, 0.25) is 6.79 Å². The number of carbonyl (C=O) groups excluding carboxylic acids is 1. The average Bonchev–Trinajstić information content (AvgIpc) is 3.09. The summed E-state index contributed by atoms with van der Waals surface area (Å²) in [5, 5.41) is 0. The van der Waals surface area contributed by atoms with Crippen LogP contribution in [0.1, 0.15) is 38.2 Å². The molecule has 0 bridgehead atoms. The fraction of sp³-hybridized carbons (Fsp3) is 0.225. The zero-order valence-electron chi connectivity index (χ0n) is 25.8. The lowest BCUT2D eigenvalue weighted by Gasteiger charge is -2.33. The van der Waals surface area contributed by atoms with Crippen LogP contribution in [0, 0.1) is 0 Å². The molecule has 0 aliphatic rings. The van der Waals surface area contributed by atoms with Gasteiger partial charge in [0, 0.05) is 0 Å². The van der Waals surface area contributed by atoms with Crippen molar-refractivity contribution in [2.45, 2.75) is 44.6 Å². The van der Waals surface area contributed by atoms with E-state index in [1.54, 1.807) is 0 Å². The number of carbonyl (C=O) groups is 1. The van der Waals surface area contributed by atoms with E-state index >= 15 is 0 Å². The second kappa shape index (κ2) is 16.3. The zero-order chi connectivity index (χ0) is 31.2. The first-order chi connectivity index (χ1) is 22.1. The lowest BCUT2D eigenvalue weighted by atomic mass is 9.87. The van der Waals surface area contributed by atoms with Gasteiger partial charge in [0.1, 0.15) is 11.5 Å². The van der Waals surface area contributed by atoms with E-state index in [-0.39, 0.29) is 26.0 Å². The molecule has 0 fully saturated rings. The standard InChI is InChI=1S/C40H40O5/c1-2-27-40(28-26-32-12-6-3-7-13-32,45-31-43-38-24-20-36(21-25-38)34-16-10-5-11-17-34)29-39(41)44-30-42-37-22-18-35(19-23-37)33-14-8-4-9-15-33/h3-25H,2,26-31H2,1H3. The van der Waals surface area contributed by atoms with Gasteiger partial charge in [-0.2, -0.15) is 0 Å². The smallest absolute Gasteiger partial charge is 0.311 e. The number of rotatable bonds is 16. The number of benzene rings is 5. The molecule has 0 aromatic heterocycles. The molecule has 5 nitrogen and oxygen atoms in total. The molecule has 45 heavy (non-hydrogen) atoms. The van der Waals surface area contributed by atoms with Gasteiger partial charge in [-0.3, -0.25) is 4.79 Å². The summed E-state index contributed by atoms with van der Waals surface area (Å²) in [6.07, 6.45) is 3.05. The van der Waals surface area contributed by atoms with Crippen LogP contribution in [-0.4, -0.2) is 25.2 Å². The van der Waals surface area contributed by atoms with E-state index in [4.69, 9.17) is 18.9 Å². The minimum absolute atomic E-state index is 0.0248. The molecule has 0 saturated carbocycles. The highest BCUT2D eigenvalue weighted by molar-refractivity contribution is 5.70. The van der Waals surface area contributed by atoms with Gasteiger partial charge in [-0.15, -0.1) is 0 Å². The van der Waals surface area contributed by atoms with Crippen molar-refractivity contribution in [1.29, 1.82) is 0 Å². The summed E-state index contributed by atoms with van der Waals surface area (Å²) in [6, 6.07) is 46.3. The molecule has 5 aromatic rings. The van der Waals surface area contributed by atoms with Crippen LogP contribution in [0.2, 0.25) is 0 Å². The van der Waals surface area contributed by atoms with Gasteiger partial charge >= 0.3 is 5.97 Å². The summed E-state index contributed by atoms with van der Waals surface area (Å²) in [7, 11) is 0. The van der Waals surface area contributed by atoms with Crippen molar-refractivity contribution < 1.29 is 23.7 Å². The second-order valence-corrected chi connectivity index (χ2v) is 11.1. The summed E-state index contributed by atoms with van der Waals surface area (Å²) in [6.45, 7) is 1.95. The molecule has 0 heterocycles. The van der Waals surface area contributed by atoms with Crippen LogP contribution in [-0.2, 0) is 20.7 Å². The van der Waals surface area contributed by atoms with Gasteiger partial charge in [-0.05, 0) is 71.3 Å². The first-order valence-corrected chi connectivity index (χ1v) is 15.5. The van der Waals surface area contributed by atoms with Gasteiger partial charge in [0.15, 0.2) is 6.79 Å². The van der Waals surface area contributed by atoms with Gasteiger partial charge in [0.25, 0.3) is 0 Å². The highest BCUT2D eigenvalue weighted by atomic mass is 16.7. The maximum absolute atomic E-state index is 13.2. The SMILES string of the molecule is CCCC(CCc1ccccc1)(CC(=O)OCOc1ccc(-c2ccccc2)cc1)OCOc1ccc(-c2ccccc2)cc1. The Hall–Kier alpha value is -4.87. The quantitative estimate of drug-likeness (QED) is 0.0834. The molecule has 1 atom stereocenters. The van der Waals surface area contributed by atoms with Crippen LogP contribution >= 0.6 is 0 Å². The van der Waals surface area contributed by atoms with Crippen molar-refractivity contribution in [3.8, 4) is 33.8 Å². The Morgan fingerprint density at radius 3 is 1.53 bits per heavy atom. The van der Waals surface area contributed by atoms with Crippen LogP contribution in [0.5, 0.6) is 11.5 Å². The number of aryl methyl sites for hydroxylation is 1. The molecule has 5 rings (SSSR count). The summed E-state index contributed by atoms with van der Waals surface area (Å²) >= 11 is 0. The topological polar surface area (TPSA) is 54.0 Å². The highest BCUT2D eigenvalue weighted by Crippen LogP contribution is 2.30. The van der Waals surface area contributed by atoms with Crippen LogP contribution in [0.15, 0.2) is 140 Å². The number of ether oxygens (including phenoxy) is 4.